The first-order valence-electron chi connectivity index (χ1n) is 13.4. The van der Waals surface area contributed by atoms with Gasteiger partial charge in [-0.25, -0.2) is 9.98 Å². The number of aliphatic imine (C=N–C) groups is 1. The third-order valence-electron chi connectivity index (χ3n) is 7.48. The molecule has 6 rings (SSSR count). The largest absolute Gasteiger partial charge is 0.336 e. The van der Waals surface area contributed by atoms with E-state index in [2.05, 4.69) is 46.3 Å². The lowest BCUT2D eigenvalue weighted by molar-refractivity contribution is 0.102. The predicted octanol–water partition coefficient (Wildman–Crippen LogP) is 5.45. The molecule has 4 aromatic rings. The Kier molecular flexibility index (Phi) is 6.06. The van der Waals surface area contributed by atoms with Crippen molar-refractivity contribution in [2.45, 2.75) is 39.3 Å². The minimum atomic E-state index is -0.232. The first-order valence-corrected chi connectivity index (χ1v) is 13.4. The number of rotatable bonds is 6. The van der Waals surface area contributed by atoms with Crippen molar-refractivity contribution in [1.29, 1.82) is 0 Å². The molecule has 0 radical (unpaired) electrons. The fourth-order valence-corrected chi connectivity index (χ4v) is 4.89. The number of benzene rings is 3. The Morgan fingerprint density at radius 1 is 1.00 bits per heavy atom. The van der Waals surface area contributed by atoms with E-state index in [1.165, 1.54) is 10.1 Å². The maximum atomic E-state index is 13.0. The molecule has 0 bridgehead atoms. The molecule has 40 heavy (non-hydrogen) atoms. The van der Waals surface area contributed by atoms with Crippen molar-refractivity contribution in [1.82, 2.24) is 14.5 Å². The molecule has 0 aliphatic carbocycles. The van der Waals surface area contributed by atoms with Gasteiger partial charge in [0.15, 0.2) is 5.82 Å². The number of fused-ring (bicyclic) bond motifs is 1. The summed E-state index contributed by atoms with van der Waals surface area (Å²) in [4.78, 5) is 37.4. The van der Waals surface area contributed by atoms with E-state index in [1.807, 2.05) is 73.7 Å². The topological polar surface area (TPSA) is 91.4 Å². The molecule has 1 unspecified atom stereocenters. The minimum absolute atomic E-state index is 0.0176. The summed E-state index contributed by atoms with van der Waals surface area (Å²) in [6.45, 7) is 9.39. The van der Waals surface area contributed by atoms with Crippen LogP contribution in [0.5, 0.6) is 0 Å². The van der Waals surface area contributed by atoms with E-state index in [4.69, 9.17) is 0 Å². The summed E-state index contributed by atoms with van der Waals surface area (Å²) >= 11 is 0. The van der Waals surface area contributed by atoms with E-state index >= 15 is 0 Å². The highest BCUT2D eigenvalue weighted by molar-refractivity contribution is 6.05. The van der Waals surface area contributed by atoms with Crippen LogP contribution in [0.4, 0.5) is 17.2 Å². The van der Waals surface area contributed by atoms with E-state index in [0.717, 1.165) is 34.8 Å². The van der Waals surface area contributed by atoms with Gasteiger partial charge in [0.25, 0.3) is 11.5 Å². The molecule has 1 atom stereocenters. The Morgan fingerprint density at radius 2 is 1.73 bits per heavy atom. The molecule has 8 heteroatoms. The van der Waals surface area contributed by atoms with Crippen LogP contribution in [0.25, 0.3) is 11.3 Å². The van der Waals surface area contributed by atoms with Crippen LogP contribution in [0.2, 0.25) is 0 Å². The van der Waals surface area contributed by atoms with Crippen molar-refractivity contribution in [2.24, 2.45) is 12.0 Å². The van der Waals surface area contributed by atoms with Crippen LogP contribution < -0.4 is 16.2 Å². The van der Waals surface area contributed by atoms with Crippen LogP contribution in [0.3, 0.4) is 0 Å². The van der Waals surface area contributed by atoms with Gasteiger partial charge in [0, 0.05) is 41.3 Å². The van der Waals surface area contributed by atoms with Crippen LogP contribution in [0.1, 0.15) is 47.8 Å². The number of nitrogens with zero attached hydrogens (tertiary/aromatic N) is 4. The molecule has 8 nitrogen and oxygen atoms in total. The highest BCUT2D eigenvalue weighted by atomic mass is 16.1. The van der Waals surface area contributed by atoms with E-state index in [-0.39, 0.29) is 22.7 Å². The molecule has 2 N–H and O–H groups in total. The lowest BCUT2D eigenvalue weighted by atomic mass is 9.86. The first-order chi connectivity index (χ1) is 19.1. The molecule has 2 aliphatic rings. The molecular weight excluding hydrogens is 500 g/mol. The summed E-state index contributed by atoms with van der Waals surface area (Å²) in [5.74, 6) is 1.08. The van der Waals surface area contributed by atoms with Gasteiger partial charge in [-0.05, 0) is 65.9 Å². The number of aromatic nitrogens is 2. The lowest BCUT2D eigenvalue weighted by Gasteiger charge is -2.19. The molecule has 1 fully saturated rings. The normalized spacial score (nSPS) is 15.6. The standard InChI is InChI=1S/C32H32N6O2/c1-19-24(7-6-8-25(19)35-30(39)21-9-13-22(14-10-21)32(2,3)4)26-17-37(5)31(40)28(34-26)33-23-15-11-20(12-16-23)29-36-27-18-38(27)29/h6-17,27H,18H2,1-5H3,(H,33,34)(H,35,39). The summed E-state index contributed by atoms with van der Waals surface area (Å²) < 4.78 is 1.52. The number of hydrogen-bond donors (Lipinski definition) is 2. The number of carbonyl (C=O) groups is 1. The number of hydrogen-bond acceptors (Lipinski definition) is 6. The highest BCUT2D eigenvalue weighted by Crippen LogP contribution is 2.33. The van der Waals surface area contributed by atoms with Gasteiger partial charge < -0.3 is 20.1 Å². The van der Waals surface area contributed by atoms with Crippen molar-refractivity contribution < 1.29 is 4.79 Å². The van der Waals surface area contributed by atoms with Crippen LogP contribution in [0.15, 0.2) is 82.7 Å². The zero-order valence-electron chi connectivity index (χ0n) is 23.3. The number of anilines is 3. The maximum absolute atomic E-state index is 13.0. The van der Waals surface area contributed by atoms with Gasteiger partial charge in [0.1, 0.15) is 12.0 Å². The average molecular weight is 533 g/mol. The average Bonchev–Trinajstić information content (AvgIpc) is 3.57. The van der Waals surface area contributed by atoms with Crippen molar-refractivity contribution in [3.8, 4) is 11.3 Å². The number of aryl methyl sites for hydroxylation is 1. The fourth-order valence-electron chi connectivity index (χ4n) is 4.89. The Balaban J connectivity index is 1.24. The van der Waals surface area contributed by atoms with Crippen LogP contribution in [-0.4, -0.2) is 38.9 Å². The second-order valence-electron chi connectivity index (χ2n) is 11.4. The van der Waals surface area contributed by atoms with Crippen molar-refractivity contribution in [3.63, 3.8) is 0 Å². The van der Waals surface area contributed by atoms with E-state index in [0.29, 0.717) is 23.1 Å². The Morgan fingerprint density at radius 3 is 2.35 bits per heavy atom. The third kappa shape index (κ3) is 4.77. The minimum Gasteiger partial charge on any atom is -0.336 e. The molecule has 1 saturated heterocycles. The number of amidine groups is 1. The number of carbonyl (C=O) groups excluding carboxylic acids is 1. The Labute approximate surface area is 233 Å². The second-order valence-corrected chi connectivity index (χ2v) is 11.4. The molecular formula is C32H32N6O2. The van der Waals surface area contributed by atoms with Crippen LogP contribution in [0, 0.1) is 6.92 Å². The van der Waals surface area contributed by atoms with E-state index in [9.17, 15) is 9.59 Å². The lowest BCUT2D eigenvalue weighted by Crippen LogP contribution is -2.23. The summed E-state index contributed by atoms with van der Waals surface area (Å²) in [5, 5.41) is 6.22. The van der Waals surface area contributed by atoms with Gasteiger partial charge in [-0.2, -0.15) is 0 Å². The molecule has 1 amide bonds. The van der Waals surface area contributed by atoms with E-state index < -0.39 is 0 Å². The Hall–Kier alpha value is -4.72. The van der Waals surface area contributed by atoms with Gasteiger partial charge in [0.05, 0.1) is 12.2 Å². The monoisotopic (exact) mass is 532 g/mol. The van der Waals surface area contributed by atoms with Crippen LogP contribution in [-0.2, 0) is 12.5 Å². The van der Waals surface area contributed by atoms with Gasteiger partial charge in [-0.15, -0.1) is 0 Å². The van der Waals surface area contributed by atoms with Crippen LogP contribution >= 0.6 is 0 Å². The zero-order chi connectivity index (χ0) is 28.2. The molecule has 1 aromatic heterocycles. The van der Waals surface area contributed by atoms with Gasteiger partial charge >= 0.3 is 0 Å². The summed E-state index contributed by atoms with van der Waals surface area (Å²) in [7, 11) is 1.71. The fraction of sp³-hybridized carbons (Fsp3) is 0.250. The molecule has 202 valence electrons. The van der Waals surface area contributed by atoms with Crippen molar-refractivity contribution in [3.05, 3.63) is 106 Å². The molecule has 0 saturated carbocycles. The summed E-state index contributed by atoms with van der Waals surface area (Å²) in [6.07, 6.45) is 2.10. The summed E-state index contributed by atoms with van der Waals surface area (Å²) in [5.41, 5.74) is 6.38. The zero-order valence-corrected chi connectivity index (χ0v) is 23.3. The quantitative estimate of drug-likeness (QED) is 0.322. The van der Waals surface area contributed by atoms with Gasteiger partial charge in [-0.3, -0.25) is 9.59 Å². The molecule has 0 spiro atoms. The number of amides is 1. The number of nitrogens with one attached hydrogen (secondary N) is 2. The second kappa shape index (κ2) is 9.48. The van der Waals surface area contributed by atoms with Gasteiger partial charge in [-0.1, -0.05) is 45.0 Å². The third-order valence-corrected chi connectivity index (χ3v) is 7.48. The highest BCUT2D eigenvalue weighted by Gasteiger charge is 2.45. The molecule has 2 aliphatic heterocycles. The molecule has 3 heterocycles. The van der Waals surface area contributed by atoms with Gasteiger partial charge in [0.2, 0.25) is 0 Å². The SMILES string of the molecule is Cc1c(NC(=O)c2ccc(C(C)(C)C)cc2)cccc1-c1cn(C)c(=O)c(Nc2ccc(C3=NC4CN34)cc2)n1. The maximum Gasteiger partial charge on any atom is 0.293 e. The Bertz CT molecular complexity index is 1710. The van der Waals surface area contributed by atoms with Crippen molar-refractivity contribution >= 4 is 28.9 Å². The molecule has 3 aromatic carbocycles. The van der Waals surface area contributed by atoms with Crippen molar-refractivity contribution in [2.75, 3.05) is 17.2 Å². The smallest absolute Gasteiger partial charge is 0.293 e. The predicted molar refractivity (Wildman–Crippen MR) is 160 cm³/mol. The first kappa shape index (κ1) is 25.6. The van der Waals surface area contributed by atoms with E-state index in [1.54, 1.807) is 13.2 Å². The summed E-state index contributed by atoms with van der Waals surface area (Å²) in [6, 6.07) is 21.2.